The van der Waals surface area contributed by atoms with Gasteiger partial charge < -0.3 is 9.47 Å². The van der Waals surface area contributed by atoms with Crippen LogP contribution in [0.25, 0.3) is 0 Å². The van der Waals surface area contributed by atoms with Crippen molar-refractivity contribution < 1.29 is 23.0 Å². The second kappa shape index (κ2) is 9.11. The Labute approximate surface area is 164 Å². The van der Waals surface area contributed by atoms with E-state index in [0.717, 1.165) is 11.1 Å². The molecule has 1 heterocycles. The van der Waals surface area contributed by atoms with Crippen LogP contribution in [0.4, 0.5) is 8.78 Å². The number of hydrogen-bond acceptors (Lipinski definition) is 3. The number of rotatable bonds is 6. The largest absolute Gasteiger partial charge is 0.462 e. The van der Waals surface area contributed by atoms with Crippen molar-refractivity contribution in [2.75, 3.05) is 13.2 Å². The molecule has 28 heavy (non-hydrogen) atoms. The van der Waals surface area contributed by atoms with Crippen molar-refractivity contribution >= 4 is 5.97 Å². The molecule has 0 saturated carbocycles. The normalized spacial score (nSPS) is 22.3. The Hall–Kier alpha value is -2.53. The van der Waals surface area contributed by atoms with E-state index in [1.54, 1.807) is 44.2 Å². The van der Waals surface area contributed by atoms with Crippen LogP contribution in [-0.4, -0.2) is 19.2 Å². The second-order valence-electron chi connectivity index (χ2n) is 7.13. The fourth-order valence-corrected chi connectivity index (χ4v) is 3.48. The van der Waals surface area contributed by atoms with Gasteiger partial charge in [0.15, 0.2) is 0 Å². The third kappa shape index (κ3) is 4.84. The average molecular weight is 386 g/mol. The molecule has 3 rings (SSSR count). The number of carbonyl (C=O) groups is 1. The van der Waals surface area contributed by atoms with Crippen molar-refractivity contribution in [1.82, 2.24) is 0 Å². The molecule has 0 aliphatic carbocycles. The van der Waals surface area contributed by atoms with Crippen LogP contribution in [0, 0.1) is 23.5 Å². The first-order valence-electron chi connectivity index (χ1n) is 9.39. The van der Waals surface area contributed by atoms with E-state index in [1.807, 2.05) is 0 Å². The van der Waals surface area contributed by atoms with Crippen LogP contribution in [0.2, 0.25) is 0 Å². The quantitative estimate of drug-likeness (QED) is 0.517. The zero-order valence-electron chi connectivity index (χ0n) is 16.0. The monoisotopic (exact) mass is 386 g/mol. The molecule has 1 fully saturated rings. The number of benzene rings is 2. The molecule has 3 atom stereocenters. The van der Waals surface area contributed by atoms with Crippen LogP contribution < -0.4 is 0 Å². The highest BCUT2D eigenvalue weighted by Gasteiger charge is 2.39. The van der Waals surface area contributed by atoms with Crippen LogP contribution in [0.5, 0.6) is 0 Å². The van der Waals surface area contributed by atoms with E-state index >= 15 is 0 Å². The molecule has 0 radical (unpaired) electrons. The van der Waals surface area contributed by atoms with Gasteiger partial charge in [0.05, 0.1) is 19.3 Å². The first kappa shape index (κ1) is 20.2. The van der Waals surface area contributed by atoms with Gasteiger partial charge in [0.2, 0.25) is 0 Å². The fourth-order valence-electron chi connectivity index (χ4n) is 3.48. The molecule has 5 heteroatoms. The van der Waals surface area contributed by atoms with E-state index in [1.165, 1.54) is 24.3 Å². The predicted octanol–water partition coefficient (Wildman–Crippen LogP) is 5.02. The zero-order chi connectivity index (χ0) is 20.1. The number of hydrogen-bond donors (Lipinski definition) is 0. The van der Waals surface area contributed by atoms with Crippen molar-refractivity contribution in [2.24, 2.45) is 11.8 Å². The Morgan fingerprint density at radius 2 is 1.71 bits per heavy atom. The van der Waals surface area contributed by atoms with Crippen LogP contribution in [0.1, 0.15) is 31.1 Å². The van der Waals surface area contributed by atoms with Gasteiger partial charge in [0.1, 0.15) is 11.6 Å². The highest BCUT2D eigenvalue weighted by Crippen LogP contribution is 2.40. The summed E-state index contributed by atoms with van der Waals surface area (Å²) in [5.41, 5.74) is 2.40. The lowest BCUT2D eigenvalue weighted by Crippen LogP contribution is -2.24. The van der Waals surface area contributed by atoms with E-state index in [9.17, 15) is 13.6 Å². The standard InChI is InChI=1S/C23H24F2O3/c1-3-15(2)23(26)28-14-21-18(12-16-4-8-19(24)9-5-16)13-27-22(21)17-6-10-20(25)11-7-17/h3-11,18,21-22H,12-14H2,1-2H3/t18-,21-,22+/m0/s1. The van der Waals surface area contributed by atoms with E-state index in [0.29, 0.717) is 18.6 Å². The molecule has 0 unspecified atom stereocenters. The topological polar surface area (TPSA) is 35.5 Å². The zero-order valence-corrected chi connectivity index (χ0v) is 16.0. The average Bonchev–Trinajstić information content (AvgIpc) is 3.10. The number of halogens is 2. The molecule has 2 aromatic rings. The summed E-state index contributed by atoms with van der Waals surface area (Å²) >= 11 is 0. The van der Waals surface area contributed by atoms with E-state index in [2.05, 4.69) is 0 Å². The minimum absolute atomic E-state index is 0.0795. The van der Waals surface area contributed by atoms with Gasteiger partial charge in [-0.3, -0.25) is 0 Å². The summed E-state index contributed by atoms with van der Waals surface area (Å²) in [4.78, 5) is 12.1. The number of carbonyl (C=O) groups excluding carboxylic acids is 1. The highest BCUT2D eigenvalue weighted by molar-refractivity contribution is 5.87. The summed E-state index contributed by atoms with van der Waals surface area (Å²) in [5.74, 6) is -0.921. The molecule has 0 bridgehead atoms. The van der Waals surface area contributed by atoms with Gasteiger partial charge in [-0.15, -0.1) is 0 Å². The summed E-state index contributed by atoms with van der Waals surface area (Å²) in [7, 11) is 0. The molecular formula is C23H24F2O3. The lowest BCUT2D eigenvalue weighted by molar-refractivity contribution is -0.141. The van der Waals surface area contributed by atoms with Gasteiger partial charge in [-0.25, -0.2) is 13.6 Å². The van der Waals surface area contributed by atoms with Gasteiger partial charge in [-0.1, -0.05) is 30.3 Å². The Morgan fingerprint density at radius 1 is 1.11 bits per heavy atom. The molecule has 2 aromatic carbocycles. The van der Waals surface area contributed by atoms with Gasteiger partial charge >= 0.3 is 5.97 Å². The maximum atomic E-state index is 13.3. The molecule has 1 saturated heterocycles. The van der Waals surface area contributed by atoms with Gasteiger partial charge in [0.25, 0.3) is 0 Å². The second-order valence-corrected chi connectivity index (χ2v) is 7.13. The molecule has 148 valence electrons. The summed E-state index contributed by atoms with van der Waals surface area (Å²) in [6.45, 7) is 4.19. The Kier molecular flexibility index (Phi) is 6.57. The minimum Gasteiger partial charge on any atom is -0.462 e. The van der Waals surface area contributed by atoms with Crippen LogP contribution >= 0.6 is 0 Å². The third-order valence-electron chi connectivity index (χ3n) is 5.26. The van der Waals surface area contributed by atoms with Gasteiger partial charge in [-0.2, -0.15) is 0 Å². The lowest BCUT2D eigenvalue weighted by Gasteiger charge is -2.23. The van der Waals surface area contributed by atoms with Crippen molar-refractivity contribution in [1.29, 1.82) is 0 Å². The molecular weight excluding hydrogens is 362 g/mol. The molecule has 0 aromatic heterocycles. The molecule has 1 aliphatic heterocycles. The van der Waals surface area contributed by atoms with Crippen molar-refractivity contribution in [2.45, 2.75) is 26.4 Å². The summed E-state index contributed by atoms with van der Waals surface area (Å²) in [5, 5.41) is 0. The van der Waals surface area contributed by atoms with Crippen molar-refractivity contribution in [3.05, 3.63) is 82.9 Å². The van der Waals surface area contributed by atoms with E-state index in [-0.39, 0.29) is 42.2 Å². The van der Waals surface area contributed by atoms with Gasteiger partial charge in [-0.05, 0) is 61.6 Å². The molecule has 0 N–H and O–H groups in total. The Bertz CT molecular complexity index is 828. The number of esters is 1. The summed E-state index contributed by atoms with van der Waals surface area (Å²) in [6.07, 6.45) is 2.11. The Balaban J connectivity index is 1.78. The van der Waals surface area contributed by atoms with Crippen molar-refractivity contribution in [3.8, 4) is 0 Å². The van der Waals surface area contributed by atoms with E-state index in [4.69, 9.17) is 9.47 Å². The predicted molar refractivity (Wildman–Crippen MR) is 103 cm³/mol. The minimum atomic E-state index is -0.354. The SMILES string of the molecule is CC=C(C)C(=O)OC[C@H]1[C@@H](Cc2ccc(F)cc2)CO[C@@H]1c1ccc(F)cc1. The van der Waals surface area contributed by atoms with E-state index < -0.39 is 0 Å². The third-order valence-corrected chi connectivity index (χ3v) is 5.26. The smallest absolute Gasteiger partial charge is 0.333 e. The first-order chi connectivity index (χ1) is 13.5. The first-order valence-corrected chi connectivity index (χ1v) is 9.39. The molecule has 3 nitrogen and oxygen atoms in total. The Morgan fingerprint density at radius 3 is 2.32 bits per heavy atom. The van der Waals surface area contributed by atoms with Gasteiger partial charge in [0, 0.05) is 11.5 Å². The van der Waals surface area contributed by atoms with Crippen LogP contribution in [-0.2, 0) is 20.7 Å². The molecule has 1 aliphatic rings. The lowest BCUT2D eigenvalue weighted by atomic mass is 9.84. The molecule has 0 amide bonds. The maximum Gasteiger partial charge on any atom is 0.333 e. The van der Waals surface area contributed by atoms with Crippen LogP contribution in [0.15, 0.2) is 60.2 Å². The summed E-state index contributed by atoms with van der Waals surface area (Å²) in [6, 6.07) is 12.6. The fraction of sp³-hybridized carbons (Fsp3) is 0.348. The van der Waals surface area contributed by atoms with Crippen molar-refractivity contribution in [3.63, 3.8) is 0 Å². The maximum absolute atomic E-state index is 13.3. The number of allylic oxidation sites excluding steroid dienone is 1. The molecule has 0 spiro atoms. The van der Waals surface area contributed by atoms with Crippen LogP contribution in [0.3, 0.4) is 0 Å². The summed E-state index contributed by atoms with van der Waals surface area (Å²) < 4.78 is 38.0. The number of ether oxygens (including phenoxy) is 2. The highest BCUT2D eigenvalue weighted by atomic mass is 19.1.